The Morgan fingerprint density at radius 2 is 1.74 bits per heavy atom. The molecule has 7 nitrogen and oxygen atoms in total. The average molecular weight is 488 g/mol. The van der Waals surface area contributed by atoms with Crippen molar-refractivity contribution < 1.29 is 18.0 Å². The summed E-state index contributed by atoms with van der Waals surface area (Å²) in [6.45, 7) is 1.64. The SMILES string of the molecule is CNc1cc2c(C)c(=O)n(-c3cc(NC(=O)Nc4ccc(F)cc4F)c(F)cc3Cl)cc2cn1. The standard InChI is InChI=1S/C23H17ClF3N5O2/c1-11-14-6-21(28-2)29-9-12(14)10-32(22(11)33)20-8-19(17(27)7-15(20)24)31-23(34)30-18-4-3-13(25)5-16(18)26/h3-10,28H,1-2H3,(H2,30,31,34). The van der Waals surface area contributed by atoms with Crippen molar-refractivity contribution in [2.75, 3.05) is 23.0 Å². The van der Waals surface area contributed by atoms with Gasteiger partial charge in [-0.2, -0.15) is 0 Å². The zero-order chi connectivity index (χ0) is 24.6. The maximum atomic E-state index is 14.5. The highest BCUT2D eigenvalue weighted by Crippen LogP contribution is 2.28. The molecule has 34 heavy (non-hydrogen) atoms. The molecule has 2 heterocycles. The molecule has 2 aromatic carbocycles. The van der Waals surface area contributed by atoms with Crippen LogP contribution in [-0.2, 0) is 0 Å². The molecular formula is C23H17ClF3N5O2. The Hall–Kier alpha value is -4.05. The largest absolute Gasteiger partial charge is 0.373 e. The molecule has 2 aromatic heterocycles. The quantitative estimate of drug-likeness (QED) is 0.357. The molecule has 4 rings (SSSR count). The summed E-state index contributed by atoms with van der Waals surface area (Å²) in [6.07, 6.45) is 3.08. The van der Waals surface area contributed by atoms with Crippen LogP contribution in [0.25, 0.3) is 16.5 Å². The third kappa shape index (κ3) is 4.40. The Labute approximate surface area is 196 Å². The summed E-state index contributed by atoms with van der Waals surface area (Å²) in [5.41, 5.74) is -0.496. The van der Waals surface area contributed by atoms with Gasteiger partial charge in [-0.05, 0) is 42.6 Å². The first kappa shape index (κ1) is 23.1. The van der Waals surface area contributed by atoms with Crippen LogP contribution in [0.3, 0.4) is 0 Å². The van der Waals surface area contributed by atoms with Gasteiger partial charge in [-0.1, -0.05) is 11.6 Å². The number of nitrogens with one attached hydrogen (secondary N) is 3. The maximum absolute atomic E-state index is 14.5. The lowest BCUT2D eigenvalue weighted by molar-refractivity contribution is 0.262. The Morgan fingerprint density at radius 1 is 1.03 bits per heavy atom. The number of anilines is 3. The molecule has 0 bridgehead atoms. The monoisotopic (exact) mass is 487 g/mol. The normalized spacial score (nSPS) is 10.9. The molecule has 0 atom stereocenters. The van der Waals surface area contributed by atoms with Gasteiger partial charge in [0.25, 0.3) is 5.56 Å². The van der Waals surface area contributed by atoms with Gasteiger partial charge in [-0.3, -0.25) is 9.36 Å². The lowest BCUT2D eigenvalue weighted by atomic mass is 10.1. The van der Waals surface area contributed by atoms with Crippen LogP contribution in [0.2, 0.25) is 5.02 Å². The average Bonchev–Trinajstić information content (AvgIpc) is 2.80. The van der Waals surface area contributed by atoms with Gasteiger partial charge in [0.05, 0.1) is 22.1 Å². The summed E-state index contributed by atoms with van der Waals surface area (Å²) >= 11 is 6.22. The summed E-state index contributed by atoms with van der Waals surface area (Å²) < 4.78 is 42.6. The third-order valence-corrected chi connectivity index (χ3v) is 5.43. The molecule has 174 valence electrons. The van der Waals surface area contributed by atoms with Crippen molar-refractivity contribution in [2.45, 2.75) is 6.92 Å². The van der Waals surface area contributed by atoms with Crippen LogP contribution in [0.5, 0.6) is 0 Å². The first-order valence-electron chi connectivity index (χ1n) is 9.90. The van der Waals surface area contributed by atoms with Crippen molar-refractivity contribution in [3.63, 3.8) is 0 Å². The third-order valence-electron chi connectivity index (χ3n) is 5.13. The minimum atomic E-state index is -0.999. The van der Waals surface area contributed by atoms with E-state index in [1.807, 2.05) is 0 Å². The van der Waals surface area contributed by atoms with Crippen molar-refractivity contribution >= 4 is 45.6 Å². The predicted octanol–water partition coefficient (Wildman–Crippen LogP) is 5.45. The topological polar surface area (TPSA) is 88.0 Å². The van der Waals surface area contributed by atoms with Gasteiger partial charge in [0.15, 0.2) is 0 Å². The first-order valence-corrected chi connectivity index (χ1v) is 10.3. The molecule has 0 fully saturated rings. The van der Waals surface area contributed by atoms with Gasteiger partial charge in [-0.25, -0.2) is 22.9 Å². The van der Waals surface area contributed by atoms with E-state index in [9.17, 15) is 22.8 Å². The van der Waals surface area contributed by atoms with Crippen molar-refractivity contribution in [2.24, 2.45) is 0 Å². The van der Waals surface area contributed by atoms with Crippen LogP contribution < -0.4 is 21.5 Å². The number of pyridine rings is 2. The Bertz CT molecular complexity index is 1510. The van der Waals surface area contributed by atoms with Crippen molar-refractivity contribution in [3.05, 3.63) is 87.2 Å². The number of amides is 2. The van der Waals surface area contributed by atoms with Gasteiger partial charge in [0.1, 0.15) is 23.3 Å². The van der Waals surface area contributed by atoms with E-state index in [0.29, 0.717) is 28.2 Å². The highest BCUT2D eigenvalue weighted by atomic mass is 35.5. The fourth-order valence-electron chi connectivity index (χ4n) is 3.39. The van der Waals surface area contributed by atoms with Gasteiger partial charge in [0, 0.05) is 36.5 Å². The minimum Gasteiger partial charge on any atom is -0.373 e. The van der Waals surface area contributed by atoms with Crippen molar-refractivity contribution in [1.82, 2.24) is 9.55 Å². The van der Waals surface area contributed by atoms with Gasteiger partial charge in [0.2, 0.25) is 0 Å². The fourth-order valence-corrected chi connectivity index (χ4v) is 3.63. The molecule has 0 aliphatic heterocycles. The zero-order valence-corrected chi connectivity index (χ0v) is 18.6. The van der Waals surface area contributed by atoms with E-state index in [1.54, 1.807) is 26.2 Å². The van der Waals surface area contributed by atoms with Crippen LogP contribution in [0, 0.1) is 24.4 Å². The molecule has 0 saturated carbocycles. The van der Waals surface area contributed by atoms with E-state index in [-0.39, 0.29) is 22.1 Å². The summed E-state index contributed by atoms with van der Waals surface area (Å²) in [5, 5.41) is 8.56. The Kier molecular flexibility index (Phi) is 6.16. The zero-order valence-electron chi connectivity index (χ0n) is 17.8. The number of fused-ring (bicyclic) bond motifs is 1. The molecule has 4 aromatic rings. The lowest BCUT2D eigenvalue weighted by Gasteiger charge is -2.15. The molecule has 0 unspecified atom stereocenters. The molecule has 0 spiro atoms. The molecule has 0 aliphatic rings. The highest BCUT2D eigenvalue weighted by Gasteiger charge is 2.17. The van der Waals surface area contributed by atoms with Crippen LogP contribution in [-0.4, -0.2) is 22.6 Å². The summed E-state index contributed by atoms with van der Waals surface area (Å²) in [6, 6.07) is 5.46. The van der Waals surface area contributed by atoms with Crippen molar-refractivity contribution in [3.8, 4) is 5.69 Å². The number of urea groups is 1. The number of aryl methyl sites for hydroxylation is 1. The minimum absolute atomic E-state index is 0.0753. The molecular weight excluding hydrogens is 471 g/mol. The van der Waals surface area contributed by atoms with Gasteiger partial charge in [-0.15, -0.1) is 0 Å². The number of rotatable bonds is 4. The lowest BCUT2D eigenvalue weighted by Crippen LogP contribution is -2.23. The number of halogens is 4. The molecule has 0 aliphatic carbocycles. The highest BCUT2D eigenvalue weighted by molar-refractivity contribution is 6.32. The molecule has 0 radical (unpaired) electrons. The van der Waals surface area contributed by atoms with Crippen LogP contribution in [0.4, 0.5) is 35.2 Å². The first-order chi connectivity index (χ1) is 16.2. The number of nitrogens with zero attached hydrogens (tertiary/aromatic N) is 2. The summed E-state index contributed by atoms with van der Waals surface area (Å²) in [7, 11) is 1.71. The van der Waals surface area contributed by atoms with E-state index in [0.717, 1.165) is 18.2 Å². The second-order valence-electron chi connectivity index (χ2n) is 7.32. The number of aromatic nitrogens is 2. The Balaban J connectivity index is 1.72. The Morgan fingerprint density at radius 3 is 2.44 bits per heavy atom. The number of carbonyl (C=O) groups is 1. The van der Waals surface area contributed by atoms with E-state index in [1.165, 1.54) is 16.8 Å². The second kappa shape index (κ2) is 9.06. The van der Waals surface area contributed by atoms with E-state index in [2.05, 4.69) is 20.9 Å². The smallest absolute Gasteiger partial charge is 0.323 e. The summed E-state index contributed by atoms with van der Waals surface area (Å²) in [5.74, 6) is -2.11. The number of benzene rings is 2. The molecule has 11 heteroatoms. The number of carbonyl (C=O) groups excluding carboxylic acids is 1. The van der Waals surface area contributed by atoms with Gasteiger partial charge >= 0.3 is 6.03 Å². The second-order valence-corrected chi connectivity index (χ2v) is 7.73. The van der Waals surface area contributed by atoms with Crippen molar-refractivity contribution in [1.29, 1.82) is 0 Å². The van der Waals surface area contributed by atoms with E-state index in [4.69, 9.17) is 11.6 Å². The van der Waals surface area contributed by atoms with Gasteiger partial charge < -0.3 is 16.0 Å². The predicted molar refractivity (Wildman–Crippen MR) is 126 cm³/mol. The molecule has 0 saturated heterocycles. The maximum Gasteiger partial charge on any atom is 0.323 e. The molecule has 3 N–H and O–H groups in total. The fraction of sp³-hybridized carbons (Fsp3) is 0.0870. The van der Waals surface area contributed by atoms with Crippen LogP contribution >= 0.6 is 11.6 Å². The van der Waals surface area contributed by atoms with E-state index >= 15 is 0 Å². The molecule has 2 amide bonds. The van der Waals surface area contributed by atoms with E-state index < -0.39 is 29.0 Å². The van der Waals surface area contributed by atoms with Crippen LogP contribution in [0.1, 0.15) is 5.56 Å². The number of hydrogen-bond acceptors (Lipinski definition) is 4. The van der Waals surface area contributed by atoms with Crippen LogP contribution in [0.15, 0.2) is 53.6 Å². The number of hydrogen-bond donors (Lipinski definition) is 3. The summed E-state index contributed by atoms with van der Waals surface area (Å²) in [4.78, 5) is 29.6.